The minimum absolute atomic E-state index is 0. The Balaban J connectivity index is 0.00000144. The Labute approximate surface area is 108 Å². The van der Waals surface area contributed by atoms with Gasteiger partial charge in [0.1, 0.15) is 0 Å². The van der Waals surface area contributed by atoms with Gasteiger partial charge in [0.2, 0.25) is 0 Å². The third-order valence-corrected chi connectivity index (χ3v) is 2.73. The van der Waals surface area contributed by atoms with Crippen molar-refractivity contribution in [3.05, 3.63) is 35.4 Å². The summed E-state index contributed by atoms with van der Waals surface area (Å²) in [5.74, 6) is 0.00389. The number of rotatable bonds is 5. The largest absolute Gasteiger partial charge is 0.352 e. The molecule has 0 aromatic heterocycles. The molecule has 1 amide bonds. The molecule has 17 heavy (non-hydrogen) atoms. The van der Waals surface area contributed by atoms with Gasteiger partial charge in [-0.2, -0.15) is 0 Å². The van der Waals surface area contributed by atoms with Crippen molar-refractivity contribution in [2.45, 2.75) is 32.4 Å². The van der Waals surface area contributed by atoms with E-state index in [-0.39, 0.29) is 18.3 Å². The smallest absolute Gasteiger partial charge is 0.251 e. The van der Waals surface area contributed by atoms with E-state index in [9.17, 15) is 4.79 Å². The van der Waals surface area contributed by atoms with Crippen molar-refractivity contribution in [1.29, 1.82) is 0 Å². The molecule has 0 heterocycles. The van der Waals surface area contributed by atoms with Gasteiger partial charge in [0.15, 0.2) is 0 Å². The van der Waals surface area contributed by atoms with Gasteiger partial charge < -0.3 is 10.6 Å². The molecule has 0 atom stereocenters. The Kier molecular flexibility index (Phi) is 5.45. The first-order valence-electron chi connectivity index (χ1n) is 5.90. The summed E-state index contributed by atoms with van der Waals surface area (Å²) >= 11 is 0. The van der Waals surface area contributed by atoms with Crippen molar-refractivity contribution >= 4 is 18.3 Å². The topological polar surface area (TPSA) is 41.1 Å². The summed E-state index contributed by atoms with van der Waals surface area (Å²) < 4.78 is 0. The molecule has 3 nitrogen and oxygen atoms in total. The normalized spacial score (nSPS) is 13.9. The fourth-order valence-electron chi connectivity index (χ4n) is 1.59. The Morgan fingerprint density at radius 2 is 1.94 bits per heavy atom. The maximum absolute atomic E-state index is 11.5. The average molecular weight is 255 g/mol. The summed E-state index contributed by atoms with van der Waals surface area (Å²) in [4.78, 5) is 11.5. The molecule has 0 saturated heterocycles. The lowest BCUT2D eigenvalue weighted by Crippen LogP contribution is -2.22. The summed E-state index contributed by atoms with van der Waals surface area (Å²) in [6.07, 6.45) is 2.61. The molecule has 0 aliphatic heterocycles. The number of halogens is 1. The number of hydrogen-bond donors (Lipinski definition) is 2. The average Bonchev–Trinajstić information content (AvgIpc) is 3.11. The van der Waals surface area contributed by atoms with E-state index in [4.69, 9.17) is 0 Å². The summed E-state index contributed by atoms with van der Waals surface area (Å²) in [5, 5.41) is 6.23. The molecule has 2 N–H and O–H groups in total. The van der Waals surface area contributed by atoms with Gasteiger partial charge >= 0.3 is 0 Å². The molecule has 94 valence electrons. The quantitative estimate of drug-likeness (QED) is 0.845. The number of carbonyl (C=O) groups is 1. The highest BCUT2D eigenvalue weighted by Crippen LogP contribution is 2.19. The molecule has 1 aromatic carbocycles. The van der Waals surface area contributed by atoms with Crippen LogP contribution in [-0.2, 0) is 6.54 Å². The molecule has 0 bridgehead atoms. The second-order valence-electron chi connectivity index (χ2n) is 4.21. The molecular weight excluding hydrogens is 236 g/mol. The first-order valence-corrected chi connectivity index (χ1v) is 5.90. The lowest BCUT2D eigenvalue weighted by atomic mass is 10.1. The van der Waals surface area contributed by atoms with Gasteiger partial charge in [-0.3, -0.25) is 4.79 Å². The molecule has 1 fully saturated rings. The van der Waals surface area contributed by atoms with E-state index in [1.165, 1.54) is 18.4 Å². The van der Waals surface area contributed by atoms with Crippen LogP contribution in [-0.4, -0.2) is 18.5 Å². The van der Waals surface area contributed by atoms with E-state index in [0.29, 0.717) is 6.54 Å². The minimum Gasteiger partial charge on any atom is -0.352 e. The molecular formula is C13H19ClN2O. The number of nitrogens with one attached hydrogen (secondary N) is 2. The van der Waals surface area contributed by atoms with Crippen LogP contribution in [0.15, 0.2) is 24.3 Å². The molecule has 0 unspecified atom stereocenters. The zero-order valence-electron chi connectivity index (χ0n) is 10.0. The van der Waals surface area contributed by atoms with Crippen molar-refractivity contribution < 1.29 is 4.79 Å². The number of carbonyl (C=O) groups excluding carboxylic acids is 1. The summed E-state index contributed by atoms with van der Waals surface area (Å²) in [7, 11) is 0. The standard InChI is InChI=1S/C13H18N2O.ClH/c1-2-14-13(16)11-5-3-10(4-6-11)9-15-12-7-8-12;/h3-6,12,15H,2,7-9H2,1H3,(H,14,16);1H. The molecule has 1 aliphatic carbocycles. The Morgan fingerprint density at radius 3 is 2.47 bits per heavy atom. The van der Waals surface area contributed by atoms with E-state index in [1.54, 1.807) is 0 Å². The minimum atomic E-state index is 0. The summed E-state index contributed by atoms with van der Waals surface area (Å²) in [5.41, 5.74) is 1.97. The number of amides is 1. The van der Waals surface area contributed by atoms with E-state index < -0.39 is 0 Å². The van der Waals surface area contributed by atoms with Crippen LogP contribution in [0.25, 0.3) is 0 Å². The van der Waals surface area contributed by atoms with Gasteiger partial charge in [0, 0.05) is 24.7 Å². The van der Waals surface area contributed by atoms with Gasteiger partial charge in [0.25, 0.3) is 5.91 Å². The summed E-state index contributed by atoms with van der Waals surface area (Å²) in [6.45, 7) is 3.50. The number of benzene rings is 1. The van der Waals surface area contributed by atoms with E-state index in [2.05, 4.69) is 10.6 Å². The van der Waals surface area contributed by atoms with Crippen LogP contribution in [0.5, 0.6) is 0 Å². The van der Waals surface area contributed by atoms with Crippen molar-refractivity contribution in [3.8, 4) is 0 Å². The highest BCUT2D eigenvalue weighted by Gasteiger charge is 2.19. The predicted octanol–water partition coefficient (Wildman–Crippen LogP) is 2.11. The van der Waals surface area contributed by atoms with E-state index >= 15 is 0 Å². The van der Waals surface area contributed by atoms with Gasteiger partial charge in [-0.05, 0) is 37.5 Å². The molecule has 1 aliphatic rings. The maximum Gasteiger partial charge on any atom is 0.251 e. The zero-order valence-corrected chi connectivity index (χ0v) is 10.8. The van der Waals surface area contributed by atoms with Gasteiger partial charge in [-0.15, -0.1) is 12.4 Å². The van der Waals surface area contributed by atoms with Crippen LogP contribution in [0.2, 0.25) is 0 Å². The molecule has 4 heteroatoms. The molecule has 0 spiro atoms. The lowest BCUT2D eigenvalue weighted by Gasteiger charge is -2.05. The lowest BCUT2D eigenvalue weighted by molar-refractivity contribution is 0.0956. The van der Waals surface area contributed by atoms with Gasteiger partial charge in [-0.25, -0.2) is 0 Å². The van der Waals surface area contributed by atoms with Crippen molar-refractivity contribution in [3.63, 3.8) is 0 Å². The first-order chi connectivity index (χ1) is 7.79. The van der Waals surface area contributed by atoms with E-state index in [0.717, 1.165) is 18.2 Å². The SMILES string of the molecule is CCNC(=O)c1ccc(CNC2CC2)cc1.Cl. The van der Waals surface area contributed by atoms with Crippen LogP contribution >= 0.6 is 12.4 Å². The van der Waals surface area contributed by atoms with Crippen LogP contribution in [0.3, 0.4) is 0 Å². The predicted molar refractivity (Wildman–Crippen MR) is 71.6 cm³/mol. The molecule has 1 saturated carbocycles. The monoisotopic (exact) mass is 254 g/mol. The fourth-order valence-corrected chi connectivity index (χ4v) is 1.59. The highest BCUT2D eigenvalue weighted by molar-refractivity contribution is 5.94. The Morgan fingerprint density at radius 1 is 1.29 bits per heavy atom. The van der Waals surface area contributed by atoms with Crippen molar-refractivity contribution in [2.75, 3.05) is 6.54 Å². The van der Waals surface area contributed by atoms with Crippen LogP contribution < -0.4 is 10.6 Å². The van der Waals surface area contributed by atoms with Crippen LogP contribution in [0.1, 0.15) is 35.7 Å². The van der Waals surface area contributed by atoms with Crippen LogP contribution in [0, 0.1) is 0 Å². The van der Waals surface area contributed by atoms with Crippen molar-refractivity contribution in [2.24, 2.45) is 0 Å². The van der Waals surface area contributed by atoms with E-state index in [1.807, 2.05) is 31.2 Å². The second kappa shape index (κ2) is 6.62. The number of hydrogen-bond acceptors (Lipinski definition) is 2. The third-order valence-electron chi connectivity index (χ3n) is 2.73. The van der Waals surface area contributed by atoms with Crippen molar-refractivity contribution in [1.82, 2.24) is 10.6 Å². The Hall–Kier alpha value is -1.06. The fraction of sp³-hybridized carbons (Fsp3) is 0.462. The molecule has 1 aromatic rings. The molecule has 2 rings (SSSR count). The Bertz CT molecular complexity index is 360. The van der Waals surface area contributed by atoms with Gasteiger partial charge in [0.05, 0.1) is 0 Å². The third kappa shape index (κ3) is 4.36. The zero-order chi connectivity index (χ0) is 11.4. The molecule has 0 radical (unpaired) electrons. The first kappa shape index (κ1) is 14.0. The van der Waals surface area contributed by atoms with Crippen LogP contribution in [0.4, 0.5) is 0 Å². The van der Waals surface area contributed by atoms with Gasteiger partial charge in [-0.1, -0.05) is 12.1 Å². The second-order valence-corrected chi connectivity index (χ2v) is 4.21. The maximum atomic E-state index is 11.5. The highest BCUT2D eigenvalue weighted by atomic mass is 35.5. The summed E-state index contributed by atoms with van der Waals surface area (Å²) in [6, 6.07) is 8.52.